The quantitative estimate of drug-likeness (QED) is 0.848. The van der Waals surface area contributed by atoms with Crippen molar-refractivity contribution in [2.45, 2.75) is 0 Å². The van der Waals surface area contributed by atoms with Gasteiger partial charge < -0.3 is 25.1 Å². The van der Waals surface area contributed by atoms with Gasteiger partial charge in [0.25, 0.3) is 5.91 Å². The first kappa shape index (κ1) is 15.7. The molecular weight excluding hydrogens is 354 g/mol. The van der Waals surface area contributed by atoms with Crippen LogP contribution in [0.4, 0.5) is 5.69 Å². The number of anilines is 1. The second-order valence-corrected chi connectivity index (χ2v) is 5.25. The van der Waals surface area contributed by atoms with Gasteiger partial charge in [0.2, 0.25) is 0 Å². The van der Waals surface area contributed by atoms with Crippen molar-refractivity contribution in [1.29, 1.82) is 0 Å². The number of carboxylic acids is 2. The first-order valence-corrected chi connectivity index (χ1v) is 6.81. The highest BCUT2D eigenvalue weighted by Gasteiger charge is 2.08. The molecule has 112 valence electrons. The smallest absolute Gasteiger partial charge is 0.255 e. The molecule has 2 aromatic rings. The Balaban J connectivity index is 2.32. The Morgan fingerprint density at radius 1 is 0.818 bits per heavy atom. The van der Waals surface area contributed by atoms with E-state index in [0.717, 1.165) is 22.7 Å². The van der Waals surface area contributed by atoms with Crippen molar-refractivity contribution in [1.82, 2.24) is 0 Å². The zero-order valence-corrected chi connectivity index (χ0v) is 12.5. The molecule has 7 heteroatoms. The molecule has 1 amide bonds. The topological polar surface area (TPSA) is 109 Å². The molecule has 0 fully saturated rings. The summed E-state index contributed by atoms with van der Waals surface area (Å²) in [6.07, 6.45) is 0. The highest BCUT2D eigenvalue weighted by atomic mass is 79.9. The Morgan fingerprint density at radius 3 is 1.77 bits per heavy atom. The van der Waals surface area contributed by atoms with Gasteiger partial charge in [0.05, 0.1) is 11.9 Å². The van der Waals surface area contributed by atoms with Gasteiger partial charge in [-0.05, 0) is 53.6 Å². The van der Waals surface area contributed by atoms with E-state index >= 15 is 0 Å². The summed E-state index contributed by atoms with van der Waals surface area (Å²) in [5.74, 6) is -3.61. The van der Waals surface area contributed by atoms with E-state index in [1.165, 1.54) is 0 Å². The van der Waals surface area contributed by atoms with Crippen LogP contribution in [0.25, 0.3) is 0 Å². The molecule has 0 aliphatic heterocycles. The number of benzene rings is 2. The lowest BCUT2D eigenvalue weighted by Crippen LogP contribution is -2.26. The van der Waals surface area contributed by atoms with Gasteiger partial charge in [-0.15, -0.1) is 0 Å². The molecule has 0 aliphatic carbocycles. The highest BCUT2D eigenvalue weighted by molar-refractivity contribution is 9.10. The molecule has 0 aliphatic rings. The number of carbonyl (C=O) groups excluding carboxylic acids is 3. The van der Waals surface area contributed by atoms with E-state index in [4.69, 9.17) is 0 Å². The van der Waals surface area contributed by atoms with Crippen molar-refractivity contribution in [2.75, 3.05) is 5.32 Å². The van der Waals surface area contributed by atoms with E-state index in [9.17, 15) is 24.6 Å². The van der Waals surface area contributed by atoms with E-state index in [1.807, 2.05) is 0 Å². The van der Waals surface area contributed by atoms with Crippen LogP contribution in [-0.4, -0.2) is 17.8 Å². The second kappa shape index (κ2) is 6.40. The molecule has 0 bridgehead atoms. The number of rotatable bonds is 4. The Hall–Kier alpha value is -2.67. The molecule has 2 rings (SSSR count). The Labute approximate surface area is 133 Å². The van der Waals surface area contributed by atoms with Crippen molar-refractivity contribution < 1.29 is 24.6 Å². The van der Waals surface area contributed by atoms with Crippen molar-refractivity contribution >= 4 is 39.5 Å². The monoisotopic (exact) mass is 361 g/mol. The summed E-state index contributed by atoms with van der Waals surface area (Å²) in [6.45, 7) is 0. The molecule has 1 N–H and O–H groups in total. The van der Waals surface area contributed by atoms with E-state index in [0.29, 0.717) is 5.56 Å². The number of nitrogens with one attached hydrogen (secondary N) is 1. The largest absolute Gasteiger partial charge is 0.545 e. The summed E-state index contributed by atoms with van der Waals surface area (Å²) >= 11 is 3.24. The lowest BCUT2D eigenvalue weighted by atomic mass is 10.1. The lowest BCUT2D eigenvalue weighted by molar-refractivity contribution is -0.255. The molecular formula is C15H8BrNO5-2. The van der Waals surface area contributed by atoms with Gasteiger partial charge in [-0.1, -0.05) is 15.9 Å². The van der Waals surface area contributed by atoms with Crippen molar-refractivity contribution in [3.63, 3.8) is 0 Å². The summed E-state index contributed by atoms with van der Waals surface area (Å²) in [6, 6.07) is 9.57. The van der Waals surface area contributed by atoms with Gasteiger partial charge in [0.1, 0.15) is 0 Å². The van der Waals surface area contributed by atoms with Crippen LogP contribution in [0, 0.1) is 0 Å². The van der Waals surface area contributed by atoms with Gasteiger partial charge >= 0.3 is 0 Å². The van der Waals surface area contributed by atoms with Crippen molar-refractivity contribution in [2.24, 2.45) is 0 Å². The number of hydrogen-bond donors (Lipinski definition) is 1. The van der Waals surface area contributed by atoms with Gasteiger partial charge in [0.15, 0.2) is 0 Å². The summed E-state index contributed by atoms with van der Waals surface area (Å²) in [4.78, 5) is 33.8. The molecule has 0 saturated carbocycles. The van der Waals surface area contributed by atoms with Crippen LogP contribution < -0.4 is 15.5 Å². The lowest BCUT2D eigenvalue weighted by Gasteiger charge is -2.12. The van der Waals surface area contributed by atoms with Crippen molar-refractivity contribution in [3.05, 3.63) is 63.6 Å². The van der Waals surface area contributed by atoms with Gasteiger partial charge in [-0.3, -0.25) is 4.79 Å². The minimum atomic E-state index is -1.55. The van der Waals surface area contributed by atoms with Gasteiger partial charge in [0, 0.05) is 15.7 Å². The zero-order valence-electron chi connectivity index (χ0n) is 11.0. The third-order valence-corrected chi connectivity index (χ3v) is 3.30. The van der Waals surface area contributed by atoms with E-state index in [-0.39, 0.29) is 16.8 Å². The third kappa shape index (κ3) is 3.70. The minimum absolute atomic E-state index is 0.0221. The van der Waals surface area contributed by atoms with Crippen LogP contribution in [0.2, 0.25) is 0 Å². The molecule has 0 saturated heterocycles. The van der Waals surface area contributed by atoms with Crippen LogP contribution in [0.5, 0.6) is 0 Å². The fourth-order valence-corrected chi connectivity index (χ4v) is 2.00. The number of carbonyl (C=O) groups is 3. The van der Waals surface area contributed by atoms with Crippen LogP contribution >= 0.6 is 15.9 Å². The summed E-state index contributed by atoms with van der Waals surface area (Å²) in [7, 11) is 0. The Morgan fingerprint density at radius 2 is 1.32 bits per heavy atom. The molecule has 0 spiro atoms. The number of halogens is 1. The Bertz CT molecular complexity index is 723. The summed E-state index contributed by atoms with van der Waals surface area (Å²) in [5, 5.41) is 24.2. The molecule has 0 heterocycles. The fourth-order valence-electron chi connectivity index (χ4n) is 1.74. The molecule has 0 aromatic heterocycles. The number of carboxylic acid groups (broad SMARTS) is 2. The molecule has 22 heavy (non-hydrogen) atoms. The Kier molecular flexibility index (Phi) is 4.57. The van der Waals surface area contributed by atoms with Crippen LogP contribution in [0.3, 0.4) is 0 Å². The van der Waals surface area contributed by atoms with E-state index in [1.54, 1.807) is 24.3 Å². The first-order chi connectivity index (χ1) is 10.4. The summed E-state index contributed by atoms with van der Waals surface area (Å²) in [5.41, 5.74) is -0.383. The number of amides is 1. The normalized spacial score (nSPS) is 10.0. The van der Waals surface area contributed by atoms with Crippen LogP contribution in [0.1, 0.15) is 31.1 Å². The molecule has 6 nitrogen and oxygen atoms in total. The standard InChI is InChI=1S/C15H10BrNO5/c16-11-3-1-8(2-4-11)13(18)17-12-6-9(14(19)20)5-10(7-12)15(21)22/h1-7H,(H,17,18)(H,19,20)(H,21,22)/p-2. The molecule has 0 atom stereocenters. The summed E-state index contributed by atoms with van der Waals surface area (Å²) < 4.78 is 0.794. The fraction of sp³-hybridized carbons (Fsp3) is 0. The SMILES string of the molecule is O=C([O-])c1cc(NC(=O)c2ccc(Br)cc2)cc(C(=O)[O-])c1. The predicted octanol–water partition coefficient (Wildman–Crippen LogP) is 0.428. The van der Waals surface area contributed by atoms with Crippen LogP contribution in [0.15, 0.2) is 46.9 Å². The molecule has 0 radical (unpaired) electrons. The third-order valence-electron chi connectivity index (χ3n) is 2.77. The maximum absolute atomic E-state index is 12.0. The first-order valence-electron chi connectivity index (χ1n) is 6.01. The average Bonchev–Trinajstić information content (AvgIpc) is 2.47. The zero-order chi connectivity index (χ0) is 16.3. The average molecular weight is 362 g/mol. The predicted molar refractivity (Wildman–Crippen MR) is 77.2 cm³/mol. The maximum Gasteiger partial charge on any atom is 0.255 e. The van der Waals surface area contributed by atoms with Gasteiger partial charge in [-0.2, -0.15) is 0 Å². The molecule has 2 aromatic carbocycles. The second-order valence-electron chi connectivity index (χ2n) is 4.33. The number of hydrogen-bond acceptors (Lipinski definition) is 5. The van der Waals surface area contributed by atoms with Gasteiger partial charge in [-0.25, -0.2) is 0 Å². The minimum Gasteiger partial charge on any atom is -0.545 e. The van der Waals surface area contributed by atoms with E-state index in [2.05, 4.69) is 21.2 Å². The molecule has 0 unspecified atom stereocenters. The van der Waals surface area contributed by atoms with Crippen LogP contribution in [-0.2, 0) is 0 Å². The van der Waals surface area contributed by atoms with Crippen molar-refractivity contribution in [3.8, 4) is 0 Å². The number of aromatic carboxylic acids is 2. The highest BCUT2D eigenvalue weighted by Crippen LogP contribution is 2.17. The van der Waals surface area contributed by atoms with E-state index < -0.39 is 17.8 Å². The maximum atomic E-state index is 12.0.